The molecule has 1 saturated heterocycles. The van der Waals surface area contributed by atoms with Crippen molar-refractivity contribution in [1.29, 1.82) is 0 Å². The molecular weight excluding hydrogens is 260 g/mol. The molecule has 2 rings (SSSR count). The molecular formula is C14H24N2O4. The largest absolute Gasteiger partial charge is 0.480 e. The van der Waals surface area contributed by atoms with E-state index >= 15 is 0 Å². The summed E-state index contributed by atoms with van der Waals surface area (Å²) in [6.07, 6.45) is 5.91. The van der Waals surface area contributed by atoms with E-state index in [9.17, 15) is 9.59 Å². The molecule has 2 aliphatic rings. The minimum Gasteiger partial charge on any atom is -0.480 e. The lowest BCUT2D eigenvalue weighted by Gasteiger charge is -2.29. The number of hydrogen-bond donors (Lipinski definition) is 2. The molecule has 0 atom stereocenters. The van der Waals surface area contributed by atoms with E-state index in [-0.39, 0.29) is 31.2 Å². The second kappa shape index (κ2) is 7.59. The van der Waals surface area contributed by atoms with E-state index in [1.165, 1.54) is 4.90 Å². The fourth-order valence-electron chi connectivity index (χ4n) is 3.02. The van der Waals surface area contributed by atoms with Crippen molar-refractivity contribution in [3.05, 3.63) is 0 Å². The third-order valence-corrected chi connectivity index (χ3v) is 4.12. The first-order chi connectivity index (χ1) is 9.66. The van der Waals surface area contributed by atoms with Gasteiger partial charge in [0.2, 0.25) is 5.91 Å². The average molecular weight is 284 g/mol. The molecule has 0 spiro atoms. The summed E-state index contributed by atoms with van der Waals surface area (Å²) < 4.78 is 5.64. The Morgan fingerprint density at radius 2 is 1.80 bits per heavy atom. The summed E-state index contributed by atoms with van der Waals surface area (Å²) in [6.45, 7) is 1.63. The number of nitrogens with one attached hydrogen (secondary N) is 1. The van der Waals surface area contributed by atoms with Crippen molar-refractivity contribution in [2.75, 3.05) is 26.2 Å². The van der Waals surface area contributed by atoms with Gasteiger partial charge in [-0.3, -0.25) is 9.59 Å². The van der Waals surface area contributed by atoms with Crippen molar-refractivity contribution < 1.29 is 19.4 Å². The number of carboxylic acids is 1. The molecule has 0 aromatic carbocycles. The number of ether oxygens (including phenoxy) is 1. The van der Waals surface area contributed by atoms with Gasteiger partial charge in [-0.05, 0) is 38.8 Å². The van der Waals surface area contributed by atoms with Crippen molar-refractivity contribution in [3.8, 4) is 0 Å². The van der Waals surface area contributed by atoms with Gasteiger partial charge >= 0.3 is 5.97 Å². The molecule has 2 N–H and O–H groups in total. The maximum absolute atomic E-state index is 12.2. The Hall–Kier alpha value is -1.14. The Bertz CT molecular complexity index is 336. The number of amides is 1. The van der Waals surface area contributed by atoms with Gasteiger partial charge in [0.1, 0.15) is 13.2 Å². The van der Waals surface area contributed by atoms with Crippen molar-refractivity contribution in [3.63, 3.8) is 0 Å². The lowest BCUT2D eigenvalue weighted by atomic mass is 10.1. The van der Waals surface area contributed by atoms with E-state index in [1.54, 1.807) is 0 Å². The maximum atomic E-state index is 12.2. The summed E-state index contributed by atoms with van der Waals surface area (Å²) in [5.41, 5.74) is 0. The van der Waals surface area contributed by atoms with Crippen LogP contribution in [0.5, 0.6) is 0 Å². The summed E-state index contributed by atoms with van der Waals surface area (Å²) >= 11 is 0. The van der Waals surface area contributed by atoms with E-state index in [2.05, 4.69) is 5.32 Å². The number of nitrogens with zero attached hydrogens (tertiary/aromatic N) is 1. The van der Waals surface area contributed by atoms with Gasteiger partial charge in [0, 0.05) is 6.04 Å². The van der Waals surface area contributed by atoms with Crippen molar-refractivity contribution in [2.24, 2.45) is 0 Å². The summed E-state index contributed by atoms with van der Waals surface area (Å²) in [5.74, 6) is -1.13. The molecule has 1 amide bonds. The van der Waals surface area contributed by atoms with Gasteiger partial charge in [0.25, 0.3) is 0 Å². The SMILES string of the molecule is O=C(O)CN(C(=O)COC1CCNCC1)C1CCCC1. The van der Waals surface area contributed by atoms with Crippen LogP contribution in [0.3, 0.4) is 0 Å². The zero-order valence-electron chi connectivity index (χ0n) is 11.8. The van der Waals surface area contributed by atoms with Crippen LogP contribution in [0.2, 0.25) is 0 Å². The highest BCUT2D eigenvalue weighted by molar-refractivity contribution is 5.82. The quantitative estimate of drug-likeness (QED) is 0.747. The zero-order valence-corrected chi connectivity index (χ0v) is 11.8. The monoisotopic (exact) mass is 284 g/mol. The fourth-order valence-corrected chi connectivity index (χ4v) is 3.02. The zero-order chi connectivity index (χ0) is 14.4. The van der Waals surface area contributed by atoms with E-state index in [4.69, 9.17) is 9.84 Å². The predicted molar refractivity (Wildman–Crippen MR) is 73.4 cm³/mol. The highest BCUT2D eigenvalue weighted by atomic mass is 16.5. The van der Waals surface area contributed by atoms with Crippen molar-refractivity contribution in [1.82, 2.24) is 10.2 Å². The molecule has 114 valence electrons. The smallest absolute Gasteiger partial charge is 0.323 e. The molecule has 0 unspecified atom stereocenters. The summed E-state index contributed by atoms with van der Waals surface area (Å²) in [5, 5.41) is 12.2. The summed E-state index contributed by atoms with van der Waals surface area (Å²) in [6, 6.07) is 0.0789. The lowest BCUT2D eigenvalue weighted by Crippen LogP contribution is -2.45. The molecule has 0 radical (unpaired) electrons. The molecule has 1 aliphatic heterocycles. The van der Waals surface area contributed by atoms with Gasteiger partial charge in [-0.25, -0.2) is 0 Å². The van der Waals surface area contributed by atoms with Gasteiger partial charge in [0.15, 0.2) is 0 Å². The van der Waals surface area contributed by atoms with Crippen molar-refractivity contribution in [2.45, 2.75) is 50.7 Å². The summed E-state index contributed by atoms with van der Waals surface area (Å²) in [7, 11) is 0. The Morgan fingerprint density at radius 3 is 2.40 bits per heavy atom. The third kappa shape index (κ3) is 4.45. The van der Waals surface area contributed by atoms with E-state index in [0.29, 0.717) is 0 Å². The lowest BCUT2D eigenvalue weighted by molar-refractivity contribution is -0.149. The van der Waals surface area contributed by atoms with Crippen LogP contribution in [0.15, 0.2) is 0 Å². The molecule has 0 aromatic heterocycles. The molecule has 1 saturated carbocycles. The maximum Gasteiger partial charge on any atom is 0.323 e. The van der Waals surface area contributed by atoms with Gasteiger partial charge in [0.05, 0.1) is 6.10 Å². The van der Waals surface area contributed by atoms with Crippen LogP contribution < -0.4 is 5.32 Å². The Kier molecular flexibility index (Phi) is 5.79. The number of carboxylic acid groups (broad SMARTS) is 1. The number of hydrogen-bond acceptors (Lipinski definition) is 4. The number of piperidine rings is 1. The third-order valence-electron chi connectivity index (χ3n) is 4.12. The molecule has 1 heterocycles. The average Bonchev–Trinajstić information content (AvgIpc) is 2.97. The standard InChI is InChI=1S/C14H24N2O4/c17-13(10-20-12-5-7-15-8-6-12)16(9-14(18)19)11-3-1-2-4-11/h11-12,15H,1-10H2,(H,18,19). The number of carbonyl (C=O) groups excluding carboxylic acids is 1. The molecule has 0 aromatic rings. The molecule has 6 heteroatoms. The van der Waals surface area contributed by atoms with E-state index in [0.717, 1.165) is 51.6 Å². The minimum atomic E-state index is -0.952. The first kappa shape index (κ1) is 15.3. The molecule has 2 fully saturated rings. The fraction of sp³-hybridized carbons (Fsp3) is 0.857. The van der Waals surface area contributed by atoms with Crippen LogP contribution in [-0.4, -0.2) is 60.3 Å². The van der Waals surface area contributed by atoms with Crippen LogP contribution >= 0.6 is 0 Å². The number of carbonyl (C=O) groups is 2. The van der Waals surface area contributed by atoms with Gasteiger partial charge in [-0.2, -0.15) is 0 Å². The van der Waals surface area contributed by atoms with Crippen LogP contribution in [0, 0.1) is 0 Å². The molecule has 0 bridgehead atoms. The molecule has 1 aliphatic carbocycles. The van der Waals surface area contributed by atoms with E-state index in [1.807, 2.05) is 0 Å². The highest BCUT2D eigenvalue weighted by Gasteiger charge is 2.28. The Balaban J connectivity index is 1.83. The van der Waals surface area contributed by atoms with Gasteiger partial charge in [-0.15, -0.1) is 0 Å². The number of rotatable bonds is 6. The number of aliphatic carboxylic acids is 1. The molecule has 20 heavy (non-hydrogen) atoms. The van der Waals surface area contributed by atoms with Crippen LogP contribution in [0.1, 0.15) is 38.5 Å². The highest BCUT2D eigenvalue weighted by Crippen LogP contribution is 2.23. The molecule has 6 nitrogen and oxygen atoms in total. The van der Waals surface area contributed by atoms with Gasteiger partial charge in [-0.1, -0.05) is 12.8 Å². The normalized spacial score (nSPS) is 21.0. The van der Waals surface area contributed by atoms with Gasteiger partial charge < -0.3 is 20.1 Å². The van der Waals surface area contributed by atoms with E-state index < -0.39 is 5.97 Å². The second-order valence-electron chi connectivity index (χ2n) is 5.61. The second-order valence-corrected chi connectivity index (χ2v) is 5.61. The minimum absolute atomic E-state index is 0.00838. The Morgan fingerprint density at radius 1 is 1.15 bits per heavy atom. The van der Waals surface area contributed by atoms with Crippen LogP contribution in [0.4, 0.5) is 0 Å². The first-order valence-electron chi connectivity index (χ1n) is 7.50. The van der Waals surface area contributed by atoms with Crippen LogP contribution in [0.25, 0.3) is 0 Å². The summed E-state index contributed by atoms with van der Waals surface area (Å²) in [4.78, 5) is 24.7. The van der Waals surface area contributed by atoms with Crippen LogP contribution in [-0.2, 0) is 14.3 Å². The topological polar surface area (TPSA) is 78.9 Å². The predicted octanol–water partition coefficient (Wildman–Crippen LogP) is 0.611. The Labute approximate surface area is 119 Å². The van der Waals surface area contributed by atoms with Crippen molar-refractivity contribution >= 4 is 11.9 Å². The first-order valence-corrected chi connectivity index (χ1v) is 7.50.